The van der Waals surface area contributed by atoms with Gasteiger partial charge in [0.15, 0.2) is 6.23 Å². The highest BCUT2D eigenvalue weighted by molar-refractivity contribution is 5.69. The van der Waals surface area contributed by atoms with Gasteiger partial charge in [0.2, 0.25) is 0 Å². The maximum atomic E-state index is 12.4. The van der Waals surface area contributed by atoms with Gasteiger partial charge in [0.05, 0.1) is 24.9 Å². The Bertz CT molecular complexity index is 600. The van der Waals surface area contributed by atoms with Crippen molar-refractivity contribution >= 4 is 6.09 Å². The van der Waals surface area contributed by atoms with Crippen molar-refractivity contribution in [3.05, 3.63) is 59.9 Å². The minimum absolute atomic E-state index is 0.169. The van der Waals surface area contributed by atoms with Crippen molar-refractivity contribution in [2.75, 3.05) is 13.2 Å². The highest BCUT2D eigenvalue weighted by atomic mass is 16.6. The Hall–Kier alpha value is -2.31. The van der Waals surface area contributed by atoms with E-state index in [1.54, 1.807) is 6.20 Å². The van der Waals surface area contributed by atoms with E-state index < -0.39 is 18.4 Å². The number of aromatic amines is 1. The van der Waals surface area contributed by atoms with Crippen LogP contribution in [0.15, 0.2) is 48.7 Å². The quantitative estimate of drug-likeness (QED) is 0.906. The van der Waals surface area contributed by atoms with Gasteiger partial charge in [-0.3, -0.25) is 4.90 Å². The molecule has 1 saturated heterocycles. The number of nitrogens with one attached hydrogen (secondary N) is 1. The number of rotatable bonds is 4. The van der Waals surface area contributed by atoms with E-state index in [0.717, 1.165) is 11.3 Å². The molecule has 1 fully saturated rings. The van der Waals surface area contributed by atoms with Crippen LogP contribution in [0.1, 0.15) is 17.5 Å². The van der Waals surface area contributed by atoms with Crippen LogP contribution in [0.5, 0.6) is 0 Å². The Kier molecular flexibility index (Phi) is 4.41. The van der Waals surface area contributed by atoms with Crippen LogP contribution in [0.25, 0.3) is 0 Å². The second-order valence-electron chi connectivity index (χ2n) is 5.10. The van der Waals surface area contributed by atoms with Gasteiger partial charge >= 0.3 is 6.09 Å². The van der Waals surface area contributed by atoms with Gasteiger partial charge in [0, 0.05) is 6.20 Å². The number of aromatic nitrogens is 1. The predicted molar refractivity (Wildman–Crippen MR) is 78.8 cm³/mol. The topological polar surface area (TPSA) is 74.8 Å². The Morgan fingerprint density at radius 3 is 2.82 bits per heavy atom. The first-order chi connectivity index (χ1) is 10.8. The summed E-state index contributed by atoms with van der Waals surface area (Å²) in [5.74, 6) is 0. The number of H-pyrrole nitrogens is 1. The van der Waals surface area contributed by atoms with E-state index in [1.807, 2.05) is 42.5 Å². The summed E-state index contributed by atoms with van der Waals surface area (Å²) < 4.78 is 11.0. The molecular weight excluding hydrogens is 284 g/mol. The number of benzene rings is 1. The van der Waals surface area contributed by atoms with E-state index >= 15 is 0 Å². The fourth-order valence-corrected chi connectivity index (χ4v) is 2.47. The van der Waals surface area contributed by atoms with Crippen LogP contribution >= 0.6 is 0 Å². The summed E-state index contributed by atoms with van der Waals surface area (Å²) in [5, 5.41) is 9.45. The third-order valence-electron chi connectivity index (χ3n) is 3.61. The van der Waals surface area contributed by atoms with E-state index in [4.69, 9.17) is 9.47 Å². The van der Waals surface area contributed by atoms with Crippen molar-refractivity contribution < 1.29 is 19.4 Å². The zero-order chi connectivity index (χ0) is 15.4. The van der Waals surface area contributed by atoms with E-state index in [9.17, 15) is 9.90 Å². The first kappa shape index (κ1) is 14.6. The molecule has 1 aromatic carbocycles. The molecule has 22 heavy (non-hydrogen) atoms. The third-order valence-corrected chi connectivity index (χ3v) is 3.61. The van der Waals surface area contributed by atoms with E-state index in [-0.39, 0.29) is 19.8 Å². The van der Waals surface area contributed by atoms with Gasteiger partial charge in [-0.05, 0) is 17.7 Å². The number of nitrogens with zero attached hydrogens (tertiary/aromatic N) is 1. The number of carbonyl (C=O) groups is 1. The van der Waals surface area contributed by atoms with Crippen LogP contribution in [0, 0.1) is 0 Å². The molecular formula is C16H18N2O4. The zero-order valence-electron chi connectivity index (χ0n) is 12.0. The molecule has 1 amide bonds. The lowest BCUT2D eigenvalue weighted by Gasteiger charge is -2.26. The zero-order valence-corrected chi connectivity index (χ0v) is 12.0. The Labute approximate surface area is 128 Å². The lowest BCUT2D eigenvalue weighted by molar-refractivity contribution is 0.0125. The number of aliphatic hydroxyl groups is 1. The summed E-state index contributed by atoms with van der Waals surface area (Å²) in [6, 6.07) is 12.7. The summed E-state index contributed by atoms with van der Waals surface area (Å²) >= 11 is 0. The second-order valence-corrected chi connectivity index (χ2v) is 5.10. The van der Waals surface area contributed by atoms with E-state index in [1.165, 1.54) is 4.90 Å². The fourth-order valence-electron chi connectivity index (χ4n) is 2.47. The van der Waals surface area contributed by atoms with Gasteiger partial charge in [-0.1, -0.05) is 30.3 Å². The summed E-state index contributed by atoms with van der Waals surface area (Å²) in [6.45, 7) is 0.296. The average molecular weight is 302 g/mol. The van der Waals surface area contributed by atoms with Gasteiger partial charge in [0.1, 0.15) is 6.61 Å². The second kappa shape index (κ2) is 6.64. The number of ether oxygens (including phenoxy) is 2. The molecule has 0 saturated carbocycles. The molecule has 6 heteroatoms. The fraction of sp³-hybridized carbons (Fsp3) is 0.312. The molecule has 2 N–H and O–H groups in total. The van der Waals surface area contributed by atoms with Gasteiger partial charge < -0.3 is 19.6 Å². The van der Waals surface area contributed by atoms with E-state index in [0.29, 0.717) is 0 Å². The minimum atomic E-state index is -0.560. The largest absolute Gasteiger partial charge is 0.444 e. The van der Waals surface area contributed by atoms with Gasteiger partial charge in [-0.25, -0.2) is 4.79 Å². The summed E-state index contributed by atoms with van der Waals surface area (Å²) in [5.41, 5.74) is 1.67. The maximum absolute atomic E-state index is 12.4. The molecule has 1 aromatic heterocycles. The monoisotopic (exact) mass is 302 g/mol. The molecule has 2 atom stereocenters. The van der Waals surface area contributed by atoms with Crippen molar-refractivity contribution in [2.24, 2.45) is 0 Å². The van der Waals surface area contributed by atoms with Crippen molar-refractivity contribution in [1.82, 2.24) is 9.88 Å². The first-order valence-corrected chi connectivity index (χ1v) is 7.14. The molecule has 6 nitrogen and oxygen atoms in total. The normalized spacial score (nSPS) is 21.0. The molecule has 3 rings (SSSR count). The molecule has 1 aliphatic heterocycles. The molecule has 2 unspecified atom stereocenters. The number of hydrogen-bond acceptors (Lipinski definition) is 4. The lowest BCUT2D eigenvalue weighted by Crippen LogP contribution is -2.40. The maximum Gasteiger partial charge on any atom is 0.412 e. The van der Waals surface area contributed by atoms with Crippen LogP contribution in [-0.2, 0) is 16.1 Å². The number of aliphatic hydroxyl groups excluding tert-OH is 1. The highest BCUT2D eigenvalue weighted by Gasteiger charge is 2.40. The summed E-state index contributed by atoms with van der Waals surface area (Å²) in [7, 11) is 0. The average Bonchev–Trinajstić information content (AvgIpc) is 3.22. The molecule has 1 aliphatic rings. The predicted octanol–water partition coefficient (Wildman–Crippen LogP) is 2.04. The smallest absolute Gasteiger partial charge is 0.412 e. The number of hydrogen-bond donors (Lipinski definition) is 2. The molecule has 2 aromatic rings. The summed E-state index contributed by atoms with van der Waals surface area (Å²) in [4.78, 5) is 16.9. The standard InChI is InChI=1S/C16H18N2O4/c19-9-13-11-21-15(14-7-4-8-17-14)18(13)16(20)22-10-12-5-2-1-3-6-12/h1-8,13,15,17,19H,9-11H2. The van der Waals surface area contributed by atoms with Crippen LogP contribution in [0.3, 0.4) is 0 Å². The lowest BCUT2D eigenvalue weighted by atomic mass is 10.2. The van der Waals surface area contributed by atoms with Crippen LogP contribution in [0.4, 0.5) is 4.79 Å². The van der Waals surface area contributed by atoms with Crippen LogP contribution in [0.2, 0.25) is 0 Å². The summed E-state index contributed by atoms with van der Waals surface area (Å²) in [6.07, 6.45) is 0.703. The third kappa shape index (κ3) is 2.98. The molecule has 0 aliphatic carbocycles. The SMILES string of the molecule is O=C(OCc1ccccc1)N1C(CO)COC1c1ccc[nH]1. The van der Waals surface area contributed by atoms with E-state index in [2.05, 4.69) is 4.98 Å². The van der Waals surface area contributed by atoms with Crippen molar-refractivity contribution in [2.45, 2.75) is 18.9 Å². The van der Waals surface area contributed by atoms with Crippen molar-refractivity contribution in [1.29, 1.82) is 0 Å². The van der Waals surface area contributed by atoms with Crippen molar-refractivity contribution in [3.63, 3.8) is 0 Å². The van der Waals surface area contributed by atoms with Crippen molar-refractivity contribution in [3.8, 4) is 0 Å². The Morgan fingerprint density at radius 2 is 2.14 bits per heavy atom. The number of amides is 1. The molecule has 0 radical (unpaired) electrons. The molecule has 0 bridgehead atoms. The van der Waals surface area contributed by atoms with Crippen LogP contribution < -0.4 is 0 Å². The molecule has 0 spiro atoms. The van der Waals surface area contributed by atoms with Gasteiger partial charge in [-0.2, -0.15) is 0 Å². The highest BCUT2D eigenvalue weighted by Crippen LogP contribution is 2.30. The first-order valence-electron chi connectivity index (χ1n) is 7.14. The van der Waals surface area contributed by atoms with Gasteiger partial charge in [-0.15, -0.1) is 0 Å². The Morgan fingerprint density at radius 1 is 1.32 bits per heavy atom. The Balaban J connectivity index is 1.70. The van der Waals surface area contributed by atoms with Gasteiger partial charge in [0.25, 0.3) is 0 Å². The molecule has 2 heterocycles. The minimum Gasteiger partial charge on any atom is -0.444 e. The van der Waals surface area contributed by atoms with Crippen LogP contribution in [-0.4, -0.2) is 40.3 Å². The molecule has 116 valence electrons. The number of carbonyl (C=O) groups excluding carboxylic acids is 1.